The first kappa shape index (κ1) is 23.0. The van der Waals surface area contributed by atoms with Gasteiger partial charge in [0.05, 0.1) is 32.2 Å². The van der Waals surface area contributed by atoms with Crippen LogP contribution in [-0.4, -0.2) is 28.9 Å². The van der Waals surface area contributed by atoms with Crippen molar-refractivity contribution in [1.82, 2.24) is 9.55 Å². The number of nitrogens with zero attached hydrogens (tertiary/aromatic N) is 2. The fourth-order valence-corrected chi connectivity index (χ4v) is 4.26. The van der Waals surface area contributed by atoms with Crippen molar-refractivity contribution >= 4 is 0 Å². The second kappa shape index (κ2) is 11.7. The summed E-state index contributed by atoms with van der Waals surface area (Å²) >= 11 is 0. The molecular formula is C26H40N2O2. The van der Waals surface area contributed by atoms with Gasteiger partial charge in [0.15, 0.2) is 0 Å². The van der Waals surface area contributed by atoms with Crippen molar-refractivity contribution < 1.29 is 9.47 Å². The quantitative estimate of drug-likeness (QED) is 0.416. The van der Waals surface area contributed by atoms with Gasteiger partial charge in [0, 0.05) is 19.0 Å². The van der Waals surface area contributed by atoms with Crippen LogP contribution in [0.3, 0.4) is 0 Å². The topological polar surface area (TPSA) is 36.3 Å². The molecule has 0 bridgehead atoms. The van der Waals surface area contributed by atoms with Crippen molar-refractivity contribution in [2.75, 3.05) is 13.2 Å². The first-order valence-corrected chi connectivity index (χ1v) is 11.8. The second-order valence-electron chi connectivity index (χ2n) is 9.86. The lowest BCUT2D eigenvalue weighted by molar-refractivity contribution is -0.0338. The number of imidazole rings is 1. The van der Waals surface area contributed by atoms with E-state index in [9.17, 15) is 0 Å². The van der Waals surface area contributed by atoms with Crippen LogP contribution < -0.4 is 0 Å². The number of hydrogen-bond donors (Lipinski definition) is 0. The van der Waals surface area contributed by atoms with E-state index in [4.69, 9.17) is 9.47 Å². The van der Waals surface area contributed by atoms with Crippen LogP contribution in [0.5, 0.6) is 0 Å². The van der Waals surface area contributed by atoms with Gasteiger partial charge >= 0.3 is 0 Å². The molecule has 4 heteroatoms. The Morgan fingerprint density at radius 2 is 1.87 bits per heavy atom. The van der Waals surface area contributed by atoms with Gasteiger partial charge in [-0.05, 0) is 35.3 Å². The molecule has 1 aliphatic carbocycles. The van der Waals surface area contributed by atoms with Gasteiger partial charge in [0.25, 0.3) is 0 Å². The number of rotatable bonds is 11. The maximum absolute atomic E-state index is 6.25. The van der Waals surface area contributed by atoms with E-state index >= 15 is 0 Å². The highest BCUT2D eigenvalue weighted by Gasteiger charge is 2.15. The maximum atomic E-state index is 6.25. The summed E-state index contributed by atoms with van der Waals surface area (Å²) in [4.78, 5) is 4.15. The number of aromatic nitrogens is 2. The average molecular weight is 413 g/mol. The van der Waals surface area contributed by atoms with Gasteiger partial charge in [0.2, 0.25) is 0 Å². The first-order valence-electron chi connectivity index (χ1n) is 11.8. The van der Waals surface area contributed by atoms with Crippen LogP contribution in [0.2, 0.25) is 0 Å². The molecule has 166 valence electrons. The zero-order valence-electron chi connectivity index (χ0n) is 19.2. The minimum Gasteiger partial charge on any atom is -0.379 e. The molecule has 30 heavy (non-hydrogen) atoms. The van der Waals surface area contributed by atoms with Gasteiger partial charge in [-0.25, -0.2) is 4.98 Å². The van der Waals surface area contributed by atoms with Crippen LogP contribution in [-0.2, 0) is 28.0 Å². The molecule has 0 radical (unpaired) electrons. The summed E-state index contributed by atoms with van der Waals surface area (Å²) in [7, 11) is 0. The van der Waals surface area contributed by atoms with Crippen molar-refractivity contribution in [3.63, 3.8) is 0 Å². The van der Waals surface area contributed by atoms with Crippen molar-refractivity contribution in [3.8, 4) is 0 Å². The lowest BCUT2D eigenvalue weighted by Crippen LogP contribution is -2.25. The largest absolute Gasteiger partial charge is 0.379 e. The van der Waals surface area contributed by atoms with Crippen LogP contribution in [0.1, 0.15) is 76.8 Å². The van der Waals surface area contributed by atoms with E-state index in [1.165, 1.54) is 49.7 Å². The molecule has 0 saturated heterocycles. The summed E-state index contributed by atoms with van der Waals surface area (Å²) in [6.07, 6.45) is 15.2. The Hall–Kier alpha value is -1.65. The van der Waals surface area contributed by atoms with E-state index in [0.29, 0.717) is 13.2 Å². The molecule has 0 aliphatic heterocycles. The summed E-state index contributed by atoms with van der Waals surface area (Å²) in [6.45, 7) is 9.56. The zero-order valence-corrected chi connectivity index (χ0v) is 19.2. The minimum atomic E-state index is 0.0242. The van der Waals surface area contributed by atoms with E-state index in [-0.39, 0.29) is 11.5 Å². The van der Waals surface area contributed by atoms with Crippen molar-refractivity contribution in [3.05, 3.63) is 54.1 Å². The fourth-order valence-electron chi connectivity index (χ4n) is 4.26. The Morgan fingerprint density at radius 1 is 1.10 bits per heavy atom. The van der Waals surface area contributed by atoms with Crippen LogP contribution >= 0.6 is 0 Å². The van der Waals surface area contributed by atoms with E-state index < -0.39 is 0 Å². The van der Waals surface area contributed by atoms with Gasteiger partial charge in [0.1, 0.15) is 0 Å². The van der Waals surface area contributed by atoms with Gasteiger partial charge in [-0.2, -0.15) is 0 Å². The molecule has 1 aromatic heterocycles. The standard InChI is InChI=1S/C26H40N2O2/c1-26(2,3)24-13-11-23(12-14-24)19-30-25(18-28-16-15-27-21-28)20-29-17-7-10-22-8-5-4-6-9-22/h11-16,21-22,25H,4-10,17-20H2,1-3H3. The lowest BCUT2D eigenvalue weighted by Gasteiger charge is -2.22. The summed E-state index contributed by atoms with van der Waals surface area (Å²) in [6, 6.07) is 8.79. The molecule has 1 aliphatic rings. The van der Waals surface area contributed by atoms with Crippen LogP contribution in [0.4, 0.5) is 0 Å². The van der Waals surface area contributed by atoms with Crippen molar-refractivity contribution in [1.29, 1.82) is 0 Å². The number of benzene rings is 1. The van der Waals surface area contributed by atoms with Gasteiger partial charge in [-0.3, -0.25) is 0 Å². The molecule has 0 amide bonds. The molecule has 2 aromatic rings. The number of ether oxygens (including phenoxy) is 2. The van der Waals surface area contributed by atoms with Gasteiger partial charge in [-0.1, -0.05) is 77.1 Å². The predicted molar refractivity (Wildman–Crippen MR) is 123 cm³/mol. The van der Waals surface area contributed by atoms with E-state index in [1.807, 2.05) is 18.7 Å². The van der Waals surface area contributed by atoms with Gasteiger partial charge < -0.3 is 14.0 Å². The minimum absolute atomic E-state index is 0.0242. The molecular weight excluding hydrogens is 372 g/mol. The third kappa shape index (κ3) is 7.88. The molecule has 3 rings (SSSR count). The highest BCUT2D eigenvalue weighted by molar-refractivity contribution is 5.27. The summed E-state index contributed by atoms with van der Waals surface area (Å²) in [5, 5.41) is 0. The normalized spacial score (nSPS) is 16.6. The second-order valence-corrected chi connectivity index (χ2v) is 9.86. The van der Waals surface area contributed by atoms with Crippen molar-refractivity contribution in [2.45, 2.75) is 90.4 Å². The first-order chi connectivity index (χ1) is 14.5. The third-order valence-corrected chi connectivity index (χ3v) is 6.21. The van der Waals surface area contributed by atoms with Crippen LogP contribution in [0, 0.1) is 5.92 Å². The SMILES string of the molecule is CC(C)(C)c1ccc(COC(COCCCC2CCCCC2)Cn2ccnc2)cc1. The molecule has 1 fully saturated rings. The summed E-state index contributed by atoms with van der Waals surface area (Å²) in [5.41, 5.74) is 2.73. The Labute approximate surface area is 183 Å². The highest BCUT2D eigenvalue weighted by Crippen LogP contribution is 2.27. The van der Waals surface area contributed by atoms with Crippen LogP contribution in [0.15, 0.2) is 43.0 Å². The zero-order chi connectivity index (χ0) is 21.2. The average Bonchev–Trinajstić information content (AvgIpc) is 3.25. The number of hydrogen-bond acceptors (Lipinski definition) is 3. The Morgan fingerprint density at radius 3 is 2.53 bits per heavy atom. The fraction of sp³-hybridized carbons (Fsp3) is 0.654. The molecule has 4 nitrogen and oxygen atoms in total. The molecule has 0 N–H and O–H groups in total. The summed E-state index contributed by atoms with van der Waals surface area (Å²) in [5.74, 6) is 0.927. The van der Waals surface area contributed by atoms with E-state index in [0.717, 1.165) is 25.5 Å². The van der Waals surface area contributed by atoms with Gasteiger partial charge in [-0.15, -0.1) is 0 Å². The van der Waals surface area contributed by atoms with E-state index in [2.05, 4.69) is 54.6 Å². The van der Waals surface area contributed by atoms with Crippen molar-refractivity contribution in [2.24, 2.45) is 5.92 Å². The molecule has 1 atom stereocenters. The Kier molecular flexibility index (Phi) is 8.95. The third-order valence-electron chi connectivity index (χ3n) is 6.21. The Balaban J connectivity index is 1.43. The maximum Gasteiger partial charge on any atom is 0.0991 e. The molecule has 1 unspecified atom stereocenters. The van der Waals surface area contributed by atoms with E-state index in [1.54, 1.807) is 0 Å². The predicted octanol–water partition coefficient (Wildman–Crippen LogP) is 6.14. The Bertz CT molecular complexity index is 698. The summed E-state index contributed by atoms with van der Waals surface area (Å²) < 4.78 is 14.3. The molecule has 1 aromatic carbocycles. The highest BCUT2D eigenvalue weighted by atomic mass is 16.5. The smallest absolute Gasteiger partial charge is 0.0991 e. The molecule has 1 saturated carbocycles. The molecule has 1 heterocycles. The monoisotopic (exact) mass is 412 g/mol. The lowest BCUT2D eigenvalue weighted by atomic mass is 9.86. The van der Waals surface area contributed by atoms with Crippen LogP contribution in [0.25, 0.3) is 0 Å². The molecule has 0 spiro atoms.